The van der Waals surface area contributed by atoms with Crippen LogP contribution in [-0.2, 0) is 13.0 Å². The lowest BCUT2D eigenvalue weighted by Gasteiger charge is -2.00. The number of benzene rings is 1. The van der Waals surface area contributed by atoms with E-state index in [-0.39, 0.29) is 0 Å². The number of aromatic nitrogens is 4. The maximum Gasteiger partial charge on any atom is 0.131 e. The van der Waals surface area contributed by atoms with Crippen LogP contribution in [0.4, 0.5) is 0 Å². The predicted molar refractivity (Wildman–Crippen MR) is 73.4 cm³/mol. The van der Waals surface area contributed by atoms with E-state index < -0.39 is 0 Å². The van der Waals surface area contributed by atoms with Crippen LogP contribution >= 0.6 is 0 Å². The first kappa shape index (κ1) is 11.6. The molecule has 0 amide bonds. The summed E-state index contributed by atoms with van der Waals surface area (Å²) in [5.74, 6) is 0. The minimum atomic E-state index is 0.814. The Balaban J connectivity index is 1.69. The van der Waals surface area contributed by atoms with Gasteiger partial charge in [0.05, 0.1) is 11.9 Å². The second-order valence-corrected chi connectivity index (χ2v) is 4.32. The first-order valence-electron chi connectivity index (χ1n) is 6.27. The molecule has 0 unspecified atom stereocenters. The van der Waals surface area contributed by atoms with Crippen LogP contribution in [0.3, 0.4) is 0 Å². The molecule has 2 aromatic heterocycles. The highest BCUT2D eigenvalue weighted by Crippen LogP contribution is 2.12. The zero-order valence-electron chi connectivity index (χ0n) is 10.5. The fraction of sp³-hybridized carbons (Fsp3) is 0.133. The monoisotopic (exact) mass is 250 g/mol. The molecule has 0 bridgehead atoms. The molecule has 3 rings (SSSR count). The molecular formula is C15H14N4. The van der Waals surface area contributed by atoms with Crippen LogP contribution in [0.15, 0.2) is 60.9 Å². The largest absolute Gasteiger partial charge is 0.254 e. The first-order valence-corrected chi connectivity index (χ1v) is 6.27. The minimum Gasteiger partial charge on any atom is -0.254 e. The Morgan fingerprint density at radius 1 is 0.895 bits per heavy atom. The van der Waals surface area contributed by atoms with Crippen molar-refractivity contribution in [3.63, 3.8) is 0 Å². The highest BCUT2D eigenvalue weighted by molar-refractivity contribution is 5.51. The standard InChI is InChI=1S/C15H14N4/c1-2-6-13(7-3-1)9-11-19-12-15(17-18-19)14-8-4-5-10-16-14/h1-8,10,12H,9,11H2. The van der Waals surface area contributed by atoms with Crippen LogP contribution in [0, 0.1) is 0 Å². The van der Waals surface area contributed by atoms with Gasteiger partial charge in [-0.15, -0.1) is 5.10 Å². The van der Waals surface area contributed by atoms with Crippen molar-refractivity contribution in [3.05, 3.63) is 66.5 Å². The van der Waals surface area contributed by atoms with Crippen molar-refractivity contribution in [2.24, 2.45) is 0 Å². The van der Waals surface area contributed by atoms with Gasteiger partial charge in [0.2, 0.25) is 0 Å². The molecule has 0 N–H and O–H groups in total. The normalized spacial score (nSPS) is 10.5. The average molecular weight is 250 g/mol. The van der Waals surface area contributed by atoms with Gasteiger partial charge in [0, 0.05) is 12.7 Å². The molecule has 0 aliphatic rings. The summed E-state index contributed by atoms with van der Waals surface area (Å²) < 4.78 is 1.86. The highest BCUT2D eigenvalue weighted by Gasteiger charge is 2.04. The third kappa shape index (κ3) is 2.85. The van der Waals surface area contributed by atoms with E-state index in [1.54, 1.807) is 6.20 Å². The predicted octanol–water partition coefficient (Wildman–Crippen LogP) is 2.58. The lowest BCUT2D eigenvalue weighted by Crippen LogP contribution is -2.01. The van der Waals surface area contributed by atoms with Crippen molar-refractivity contribution in [3.8, 4) is 11.4 Å². The molecule has 0 radical (unpaired) electrons. The van der Waals surface area contributed by atoms with Crippen LogP contribution in [-0.4, -0.2) is 20.0 Å². The average Bonchev–Trinajstić information content (AvgIpc) is 2.96. The molecule has 1 aromatic carbocycles. The number of aryl methyl sites for hydroxylation is 2. The smallest absolute Gasteiger partial charge is 0.131 e. The lowest BCUT2D eigenvalue weighted by atomic mass is 10.1. The van der Waals surface area contributed by atoms with Gasteiger partial charge in [0.15, 0.2) is 0 Å². The molecule has 4 heteroatoms. The summed E-state index contributed by atoms with van der Waals surface area (Å²) in [7, 11) is 0. The van der Waals surface area contributed by atoms with E-state index in [0.717, 1.165) is 24.4 Å². The van der Waals surface area contributed by atoms with Crippen LogP contribution in [0.25, 0.3) is 11.4 Å². The Morgan fingerprint density at radius 3 is 2.53 bits per heavy atom. The SMILES string of the molecule is c1ccc(CCn2cc(-c3ccccn3)nn2)cc1. The first-order chi connectivity index (χ1) is 9.42. The van der Waals surface area contributed by atoms with Crippen molar-refractivity contribution in [2.75, 3.05) is 0 Å². The van der Waals surface area contributed by atoms with Gasteiger partial charge in [0.1, 0.15) is 5.69 Å². The molecule has 94 valence electrons. The summed E-state index contributed by atoms with van der Waals surface area (Å²) in [6.45, 7) is 0.823. The Hall–Kier alpha value is -2.49. The Bertz CT molecular complexity index is 632. The van der Waals surface area contributed by atoms with Crippen LogP contribution < -0.4 is 0 Å². The third-order valence-electron chi connectivity index (χ3n) is 2.94. The van der Waals surface area contributed by atoms with Crippen LogP contribution in [0.1, 0.15) is 5.56 Å². The van der Waals surface area contributed by atoms with Crippen molar-refractivity contribution in [1.29, 1.82) is 0 Å². The van der Waals surface area contributed by atoms with Crippen molar-refractivity contribution < 1.29 is 0 Å². The second-order valence-electron chi connectivity index (χ2n) is 4.32. The van der Waals surface area contributed by atoms with Gasteiger partial charge in [-0.3, -0.25) is 9.67 Å². The van der Waals surface area contributed by atoms with E-state index in [4.69, 9.17) is 0 Å². The molecule has 0 saturated heterocycles. The van der Waals surface area contributed by atoms with Gasteiger partial charge in [-0.05, 0) is 24.1 Å². The molecule has 0 saturated carbocycles. The second kappa shape index (κ2) is 5.44. The zero-order chi connectivity index (χ0) is 12.9. The van der Waals surface area contributed by atoms with Crippen LogP contribution in [0.5, 0.6) is 0 Å². The summed E-state index contributed by atoms with van der Waals surface area (Å²) in [4.78, 5) is 4.26. The Labute approximate surface area is 111 Å². The van der Waals surface area contributed by atoms with Crippen LogP contribution in [0.2, 0.25) is 0 Å². The number of rotatable bonds is 4. The van der Waals surface area contributed by atoms with Gasteiger partial charge >= 0.3 is 0 Å². The maximum absolute atomic E-state index is 4.26. The van der Waals surface area contributed by atoms with E-state index in [1.807, 2.05) is 35.1 Å². The number of hydrogen-bond acceptors (Lipinski definition) is 3. The summed E-state index contributed by atoms with van der Waals surface area (Å²) in [6.07, 6.45) is 4.65. The van der Waals surface area contributed by atoms with E-state index >= 15 is 0 Å². The molecule has 0 spiro atoms. The molecule has 0 aliphatic carbocycles. The minimum absolute atomic E-state index is 0.814. The van der Waals surface area contributed by atoms with Gasteiger partial charge in [-0.1, -0.05) is 41.6 Å². The molecule has 4 nitrogen and oxygen atoms in total. The highest BCUT2D eigenvalue weighted by atomic mass is 15.4. The fourth-order valence-corrected chi connectivity index (χ4v) is 1.93. The van der Waals surface area contributed by atoms with Crippen molar-refractivity contribution in [2.45, 2.75) is 13.0 Å². The van der Waals surface area contributed by atoms with Crippen molar-refractivity contribution in [1.82, 2.24) is 20.0 Å². The molecule has 0 fully saturated rings. The molecular weight excluding hydrogens is 236 g/mol. The van der Waals surface area contributed by atoms with E-state index in [2.05, 4.69) is 39.6 Å². The lowest BCUT2D eigenvalue weighted by molar-refractivity contribution is 0.589. The third-order valence-corrected chi connectivity index (χ3v) is 2.94. The number of hydrogen-bond donors (Lipinski definition) is 0. The van der Waals surface area contributed by atoms with E-state index in [0.29, 0.717) is 0 Å². The molecule has 3 aromatic rings. The molecule has 0 aliphatic heterocycles. The molecule has 2 heterocycles. The van der Waals surface area contributed by atoms with E-state index in [9.17, 15) is 0 Å². The summed E-state index contributed by atoms with van der Waals surface area (Å²) in [5, 5.41) is 8.28. The fourth-order valence-electron chi connectivity index (χ4n) is 1.93. The maximum atomic E-state index is 4.26. The summed E-state index contributed by atoms with van der Waals surface area (Å²) in [5.41, 5.74) is 2.97. The van der Waals surface area contributed by atoms with Gasteiger partial charge < -0.3 is 0 Å². The Kier molecular flexibility index (Phi) is 3.32. The number of nitrogens with zero attached hydrogens (tertiary/aromatic N) is 4. The summed E-state index contributed by atoms with van der Waals surface area (Å²) >= 11 is 0. The summed E-state index contributed by atoms with van der Waals surface area (Å²) in [6, 6.07) is 16.2. The Morgan fingerprint density at radius 2 is 1.74 bits per heavy atom. The zero-order valence-corrected chi connectivity index (χ0v) is 10.5. The molecule has 0 atom stereocenters. The number of pyridine rings is 1. The van der Waals surface area contributed by atoms with Crippen molar-refractivity contribution >= 4 is 0 Å². The van der Waals surface area contributed by atoms with Gasteiger partial charge in [0.25, 0.3) is 0 Å². The van der Waals surface area contributed by atoms with Gasteiger partial charge in [-0.25, -0.2) is 0 Å². The quantitative estimate of drug-likeness (QED) is 0.714. The molecule has 19 heavy (non-hydrogen) atoms. The van der Waals surface area contributed by atoms with Gasteiger partial charge in [-0.2, -0.15) is 0 Å². The van der Waals surface area contributed by atoms with E-state index in [1.165, 1.54) is 5.56 Å². The topological polar surface area (TPSA) is 43.6 Å².